The van der Waals surface area contributed by atoms with Gasteiger partial charge in [-0.3, -0.25) is 0 Å². The molecule has 0 unspecified atom stereocenters. The summed E-state index contributed by atoms with van der Waals surface area (Å²) in [6.07, 6.45) is 18.7. The van der Waals surface area contributed by atoms with E-state index in [0.717, 1.165) is 19.3 Å². The van der Waals surface area contributed by atoms with E-state index in [-0.39, 0.29) is 5.41 Å². The van der Waals surface area contributed by atoms with Gasteiger partial charge in [-0.1, -0.05) is 187 Å². The number of rotatable bonds is 8. The van der Waals surface area contributed by atoms with Crippen LogP contribution in [0, 0.1) is 0 Å². The molecule has 1 aliphatic carbocycles. The molecule has 2 aromatic rings. The highest BCUT2D eigenvalue weighted by Gasteiger charge is 2.46. The Morgan fingerprint density at radius 3 is 1.56 bits per heavy atom. The van der Waals surface area contributed by atoms with Crippen LogP contribution < -0.4 is 0 Å². The van der Waals surface area contributed by atoms with Gasteiger partial charge in [0.1, 0.15) is 0 Å². The van der Waals surface area contributed by atoms with Crippen LogP contribution in [0.2, 0.25) is 0 Å². The lowest BCUT2D eigenvalue weighted by Gasteiger charge is -2.35. The summed E-state index contributed by atoms with van der Waals surface area (Å²) < 4.78 is 0. The van der Waals surface area contributed by atoms with Crippen molar-refractivity contribution in [1.82, 2.24) is 0 Å². The summed E-state index contributed by atoms with van der Waals surface area (Å²) in [5.74, 6) is 0. The fourth-order valence-electron chi connectivity index (χ4n) is 4.46. The van der Waals surface area contributed by atoms with Gasteiger partial charge in [-0.05, 0) is 53.2 Å². The first-order valence-electron chi connectivity index (χ1n) is 15.8. The molecule has 3 rings (SSSR count). The number of hydrogen-bond acceptors (Lipinski definition) is 0. The van der Waals surface area contributed by atoms with Crippen LogP contribution in [-0.4, -0.2) is 0 Å². The summed E-state index contributed by atoms with van der Waals surface area (Å²) in [6.45, 7) is 30.7. The van der Waals surface area contributed by atoms with Gasteiger partial charge < -0.3 is 0 Å². The Labute approximate surface area is 245 Å². The zero-order valence-electron chi connectivity index (χ0n) is 28.0. The lowest BCUT2D eigenvalue weighted by molar-refractivity contribution is 0.755. The second-order valence-corrected chi connectivity index (χ2v) is 7.45. The van der Waals surface area contributed by atoms with Crippen LogP contribution in [0.3, 0.4) is 0 Å². The van der Waals surface area contributed by atoms with E-state index in [2.05, 4.69) is 118 Å². The number of fused-ring (bicyclic) bond motifs is 3. The van der Waals surface area contributed by atoms with Crippen LogP contribution in [-0.2, 0) is 5.41 Å². The van der Waals surface area contributed by atoms with Gasteiger partial charge in [0, 0.05) is 0 Å². The number of hydrogen-bond donors (Lipinski definition) is 0. The van der Waals surface area contributed by atoms with Crippen molar-refractivity contribution in [3.8, 4) is 11.1 Å². The summed E-state index contributed by atoms with van der Waals surface area (Å²) in [6, 6.07) is 17.7. The summed E-state index contributed by atoms with van der Waals surface area (Å²) >= 11 is 0. The summed E-state index contributed by atoms with van der Waals surface area (Å²) in [5.41, 5.74) is 7.56. The Morgan fingerprint density at radius 1 is 0.718 bits per heavy atom. The van der Waals surface area contributed by atoms with Crippen molar-refractivity contribution in [3.63, 3.8) is 0 Å². The summed E-state index contributed by atoms with van der Waals surface area (Å²) in [7, 11) is 0. The highest BCUT2D eigenvalue weighted by atomic mass is 14.5. The van der Waals surface area contributed by atoms with Crippen LogP contribution in [0.1, 0.15) is 120 Å². The molecule has 0 amide bonds. The quantitative estimate of drug-likeness (QED) is 0.298. The third kappa shape index (κ3) is 10.3. The fourth-order valence-corrected chi connectivity index (χ4v) is 4.46. The minimum Gasteiger partial charge on any atom is -0.0987 e. The molecule has 0 nitrogen and oxygen atoms in total. The zero-order chi connectivity index (χ0) is 30.7. The fraction of sp³-hybridized carbons (Fsp3) is 0.436. The lowest BCUT2D eigenvalue weighted by Crippen LogP contribution is -2.29. The average Bonchev–Trinajstić information content (AvgIpc) is 3.34. The van der Waals surface area contributed by atoms with Crippen LogP contribution in [0.25, 0.3) is 11.1 Å². The Kier molecular flexibility index (Phi) is 27.9. The summed E-state index contributed by atoms with van der Waals surface area (Å²) in [4.78, 5) is 0. The van der Waals surface area contributed by atoms with Gasteiger partial charge in [0.15, 0.2) is 0 Å². The largest absolute Gasteiger partial charge is 0.0987 e. The van der Waals surface area contributed by atoms with Gasteiger partial charge in [-0.15, -0.1) is 0 Å². The van der Waals surface area contributed by atoms with E-state index in [4.69, 9.17) is 0 Å². The minimum atomic E-state index is -0.338. The molecule has 0 heterocycles. The SMILES string of the molecule is C=C/C(=C\CCC)C1(C(/C=C\CC)=C/C=C\C)c2ccccc2-c2ccccc21.CC.CC.CC.CC.CC. The molecular formula is C39H62. The van der Waals surface area contributed by atoms with Gasteiger partial charge in [0.25, 0.3) is 0 Å². The van der Waals surface area contributed by atoms with Gasteiger partial charge in [0.05, 0.1) is 5.41 Å². The molecule has 0 saturated heterocycles. The smallest absolute Gasteiger partial charge is 0.0710 e. The van der Waals surface area contributed by atoms with Crippen molar-refractivity contribution in [2.75, 3.05) is 0 Å². The highest BCUT2D eigenvalue weighted by molar-refractivity contribution is 5.87. The molecule has 0 atom stereocenters. The predicted octanol–water partition coefficient (Wildman–Crippen LogP) is 13.5. The second-order valence-electron chi connectivity index (χ2n) is 7.45. The molecule has 218 valence electrons. The maximum absolute atomic E-state index is 4.25. The van der Waals surface area contributed by atoms with Crippen LogP contribution in [0.15, 0.2) is 109 Å². The molecule has 0 N–H and O–H groups in total. The first kappa shape index (κ1) is 40.6. The normalized spacial score (nSPS) is 12.4. The molecule has 0 saturated carbocycles. The van der Waals surface area contributed by atoms with E-state index in [1.54, 1.807) is 0 Å². The maximum Gasteiger partial charge on any atom is 0.0710 e. The van der Waals surface area contributed by atoms with E-state index < -0.39 is 0 Å². The Hall–Kier alpha value is -2.86. The van der Waals surface area contributed by atoms with E-state index in [9.17, 15) is 0 Å². The highest BCUT2D eigenvalue weighted by Crippen LogP contribution is 2.57. The molecule has 0 radical (unpaired) electrons. The van der Waals surface area contributed by atoms with Crippen molar-refractivity contribution in [2.24, 2.45) is 0 Å². The van der Waals surface area contributed by atoms with Crippen molar-refractivity contribution >= 4 is 0 Å². The predicted molar refractivity (Wildman–Crippen MR) is 185 cm³/mol. The monoisotopic (exact) mass is 530 g/mol. The number of allylic oxidation sites excluding steroid dienone is 9. The molecular weight excluding hydrogens is 468 g/mol. The number of benzene rings is 2. The molecule has 0 spiro atoms. The van der Waals surface area contributed by atoms with Gasteiger partial charge in [-0.25, -0.2) is 0 Å². The van der Waals surface area contributed by atoms with E-state index in [1.165, 1.54) is 33.4 Å². The summed E-state index contributed by atoms with van der Waals surface area (Å²) in [5, 5.41) is 0. The van der Waals surface area contributed by atoms with E-state index in [1.807, 2.05) is 69.2 Å². The van der Waals surface area contributed by atoms with Crippen molar-refractivity contribution < 1.29 is 0 Å². The van der Waals surface area contributed by atoms with Gasteiger partial charge in [0.2, 0.25) is 0 Å². The second kappa shape index (κ2) is 26.7. The zero-order valence-corrected chi connectivity index (χ0v) is 28.0. The van der Waals surface area contributed by atoms with Crippen LogP contribution >= 0.6 is 0 Å². The molecule has 0 fully saturated rings. The van der Waals surface area contributed by atoms with Crippen LogP contribution in [0.4, 0.5) is 0 Å². The Morgan fingerprint density at radius 2 is 1.18 bits per heavy atom. The van der Waals surface area contributed by atoms with Crippen molar-refractivity contribution in [3.05, 3.63) is 120 Å². The number of unbranched alkanes of at least 4 members (excludes halogenated alkanes) is 1. The first-order valence-corrected chi connectivity index (χ1v) is 15.8. The van der Waals surface area contributed by atoms with Crippen molar-refractivity contribution in [2.45, 2.75) is 115 Å². The average molecular weight is 531 g/mol. The topological polar surface area (TPSA) is 0 Å². The molecule has 39 heavy (non-hydrogen) atoms. The third-order valence-corrected chi connectivity index (χ3v) is 5.69. The van der Waals surface area contributed by atoms with E-state index in [0.29, 0.717) is 0 Å². The Balaban J connectivity index is -0.00000116. The molecule has 0 aliphatic heterocycles. The van der Waals surface area contributed by atoms with E-state index >= 15 is 0 Å². The molecule has 2 aromatic carbocycles. The van der Waals surface area contributed by atoms with Gasteiger partial charge >= 0.3 is 0 Å². The lowest BCUT2D eigenvalue weighted by atomic mass is 9.66. The molecule has 0 heteroatoms. The standard InChI is InChI=1S/C29H32.5C2H6/c1-5-9-16-23(8-4)29(24(17-10-6-2)18-11-7-3)27-21-14-12-19-25(27)26-20-13-15-22-28(26)29;5*1-2/h6,8,10-22H,4-5,7,9H2,1-3H3;5*1-2H3/b10-6-,18-11-,23-16+,24-17+;;;;;. The van der Waals surface area contributed by atoms with Gasteiger partial charge in [-0.2, -0.15) is 0 Å². The minimum absolute atomic E-state index is 0.338. The van der Waals surface area contributed by atoms with Crippen LogP contribution in [0.5, 0.6) is 0 Å². The molecule has 0 bridgehead atoms. The maximum atomic E-state index is 4.25. The molecule has 1 aliphatic rings. The Bertz CT molecular complexity index is 933. The third-order valence-electron chi connectivity index (χ3n) is 5.69. The first-order chi connectivity index (χ1) is 19.2. The van der Waals surface area contributed by atoms with Crippen molar-refractivity contribution in [1.29, 1.82) is 0 Å². The molecule has 0 aromatic heterocycles.